The quantitative estimate of drug-likeness (QED) is 0.113. The van der Waals surface area contributed by atoms with Crippen molar-refractivity contribution < 1.29 is 23.9 Å². The standard InChI is InChI=1S/C20H43N7O5/c21-9-3-1-7-16(26-18(28)13-25-12-6-5-11-23)15-32-20(30)27-17(8-2-4-10-22)14-31-19(24)29/h16-17,25H,1-15,21-23H2,(H2,24,29)(H,26,28)(H,27,30)/t16-,17+/m0/s1. The zero-order valence-corrected chi connectivity index (χ0v) is 19.1. The summed E-state index contributed by atoms with van der Waals surface area (Å²) < 4.78 is 10.1. The fraction of sp³-hybridized carbons (Fsp3) is 0.850. The van der Waals surface area contributed by atoms with Crippen LogP contribution in [0.5, 0.6) is 0 Å². The van der Waals surface area contributed by atoms with Gasteiger partial charge in [-0.15, -0.1) is 0 Å². The van der Waals surface area contributed by atoms with E-state index in [1.165, 1.54) is 0 Å². The molecule has 0 spiro atoms. The Morgan fingerprint density at radius 1 is 0.719 bits per heavy atom. The topological polar surface area (TPSA) is 210 Å². The Balaban J connectivity index is 4.53. The van der Waals surface area contributed by atoms with Gasteiger partial charge in [-0.05, 0) is 64.7 Å². The normalized spacial score (nSPS) is 12.6. The first-order chi connectivity index (χ1) is 15.4. The number of carbonyl (C=O) groups is 3. The molecule has 0 aliphatic heterocycles. The van der Waals surface area contributed by atoms with Gasteiger partial charge in [0.1, 0.15) is 13.2 Å². The highest BCUT2D eigenvalue weighted by Crippen LogP contribution is 2.04. The molecule has 0 unspecified atom stereocenters. The molecule has 0 heterocycles. The summed E-state index contributed by atoms with van der Waals surface area (Å²) in [6, 6.07) is -0.771. The molecule has 0 aromatic rings. The third-order valence-corrected chi connectivity index (χ3v) is 4.64. The Labute approximate surface area is 190 Å². The lowest BCUT2D eigenvalue weighted by Gasteiger charge is -2.21. The highest BCUT2D eigenvalue weighted by molar-refractivity contribution is 5.78. The second-order valence-corrected chi connectivity index (χ2v) is 7.58. The maximum absolute atomic E-state index is 12.2. The summed E-state index contributed by atoms with van der Waals surface area (Å²) in [5.74, 6) is -0.172. The van der Waals surface area contributed by atoms with E-state index in [9.17, 15) is 14.4 Å². The molecule has 0 aromatic carbocycles. The van der Waals surface area contributed by atoms with Gasteiger partial charge >= 0.3 is 12.2 Å². The number of ether oxygens (including phenoxy) is 2. The van der Waals surface area contributed by atoms with E-state index < -0.39 is 18.2 Å². The van der Waals surface area contributed by atoms with Crippen LogP contribution in [0, 0.1) is 0 Å². The second kappa shape index (κ2) is 20.7. The third kappa shape index (κ3) is 18.6. The second-order valence-electron chi connectivity index (χ2n) is 7.58. The van der Waals surface area contributed by atoms with Gasteiger partial charge in [-0.1, -0.05) is 12.8 Å². The number of carbonyl (C=O) groups excluding carboxylic acids is 3. The van der Waals surface area contributed by atoms with Crippen molar-refractivity contribution in [2.75, 3.05) is 45.9 Å². The van der Waals surface area contributed by atoms with Crippen LogP contribution in [0.1, 0.15) is 51.4 Å². The molecule has 11 N–H and O–H groups in total. The Morgan fingerprint density at radius 3 is 1.81 bits per heavy atom. The average molecular weight is 462 g/mol. The van der Waals surface area contributed by atoms with Crippen molar-refractivity contribution >= 4 is 18.1 Å². The number of rotatable bonds is 20. The lowest BCUT2D eigenvalue weighted by Crippen LogP contribution is -2.45. The van der Waals surface area contributed by atoms with Crippen LogP contribution in [0.2, 0.25) is 0 Å². The van der Waals surface area contributed by atoms with Gasteiger partial charge in [0.25, 0.3) is 0 Å². The first kappa shape index (κ1) is 29.9. The number of primary amides is 1. The molecule has 12 nitrogen and oxygen atoms in total. The smallest absolute Gasteiger partial charge is 0.407 e. The molecular formula is C20H43N7O5. The summed E-state index contributed by atoms with van der Waals surface area (Å²) in [5, 5.41) is 8.62. The average Bonchev–Trinajstić information content (AvgIpc) is 2.75. The largest absolute Gasteiger partial charge is 0.448 e. The molecule has 188 valence electrons. The number of hydrogen-bond donors (Lipinski definition) is 7. The van der Waals surface area contributed by atoms with Crippen LogP contribution in [0.4, 0.5) is 9.59 Å². The molecule has 0 bridgehead atoms. The fourth-order valence-electron chi connectivity index (χ4n) is 2.91. The van der Waals surface area contributed by atoms with Crippen LogP contribution in [-0.2, 0) is 14.3 Å². The van der Waals surface area contributed by atoms with Crippen LogP contribution in [0.15, 0.2) is 0 Å². The monoisotopic (exact) mass is 461 g/mol. The van der Waals surface area contributed by atoms with Crippen molar-refractivity contribution in [2.24, 2.45) is 22.9 Å². The van der Waals surface area contributed by atoms with Crippen molar-refractivity contribution in [3.05, 3.63) is 0 Å². The van der Waals surface area contributed by atoms with E-state index in [1.807, 2.05) is 0 Å². The van der Waals surface area contributed by atoms with E-state index in [0.717, 1.165) is 38.5 Å². The minimum atomic E-state index is -0.914. The maximum atomic E-state index is 12.2. The molecule has 0 fully saturated rings. The number of nitrogens with two attached hydrogens (primary N) is 4. The van der Waals surface area contributed by atoms with Gasteiger partial charge in [0.15, 0.2) is 0 Å². The van der Waals surface area contributed by atoms with Gasteiger partial charge < -0.3 is 48.4 Å². The molecule has 0 rings (SSSR count). The minimum Gasteiger partial charge on any atom is -0.448 e. The van der Waals surface area contributed by atoms with Crippen LogP contribution in [-0.4, -0.2) is 76.1 Å². The highest BCUT2D eigenvalue weighted by Gasteiger charge is 2.18. The van der Waals surface area contributed by atoms with Gasteiger partial charge in [-0.3, -0.25) is 4.79 Å². The lowest BCUT2D eigenvalue weighted by molar-refractivity contribution is -0.121. The number of nitrogens with one attached hydrogen (secondary N) is 3. The molecule has 0 saturated heterocycles. The molecule has 0 radical (unpaired) electrons. The van der Waals surface area contributed by atoms with Gasteiger partial charge in [-0.2, -0.15) is 0 Å². The Bertz CT molecular complexity index is 511. The first-order valence-corrected chi connectivity index (χ1v) is 11.4. The lowest BCUT2D eigenvalue weighted by atomic mass is 10.1. The fourth-order valence-corrected chi connectivity index (χ4v) is 2.91. The summed E-state index contributed by atoms with van der Waals surface area (Å²) in [6.45, 7) is 2.55. The summed E-state index contributed by atoms with van der Waals surface area (Å²) in [7, 11) is 0. The van der Waals surface area contributed by atoms with Crippen molar-refractivity contribution in [1.82, 2.24) is 16.0 Å². The minimum absolute atomic E-state index is 0.0154. The number of amides is 3. The van der Waals surface area contributed by atoms with E-state index in [4.69, 9.17) is 32.4 Å². The van der Waals surface area contributed by atoms with Crippen molar-refractivity contribution in [3.8, 4) is 0 Å². The van der Waals surface area contributed by atoms with E-state index in [-0.39, 0.29) is 31.7 Å². The van der Waals surface area contributed by atoms with E-state index >= 15 is 0 Å². The summed E-state index contributed by atoms with van der Waals surface area (Å²) in [5.41, 5.74) is 21.5. The molecular weight excluding hydrogens is 418 g/mol. The van der Waals surface area contributed by atoms with Gasteiger partial charge in [0.05, 0.1) is 18.6 Å². The molecule has 0 aliphatic carbocycles. The van der Waals surface area contributed by atoms with Gasteiger partial charge in [0, 0.05) is 0 Å². The molecule has 0 aromatic heterocycles. The van der Waals surface area contributed by atoms with Crippen molar-refractivity contribution in [3.63, 3.8) is 0 Å². The molecule has 2 atom stereocenters. The van der Waals surface area contributed by atoms with Gasteiger partial charge in [0.2, 0.25) is 5.91 Å². The van der Waals surface area contributed by atoms with Crippen LogP contribution in [0.25, 0.3) is 0 Å². The van der Waals surface area contributed by atoms with E-state index in [2.05, 4.69) is 16.0 Å². The zero-order valence-electron chi connectivity index (χ0n) is 19.1. The van der Waals surface area contributed by atoms with Crippen LogP contribution < -0.4 is 38.9 Å². The maximum Gasteiger partial charge on any atom is 0.407 e. The van der Waals surface area contributed by atoms with Crippen LogP contribution in [0.3, 0.4) is 0 Å². The number of unbranched alkanes of at least 4 members (excludes halogenated alkanes) is 3. The van der Waals surface area contributed by atoms with E-state index in [1.54, 1.807) is 0 Å². The first-order valence-electron chi connectivity index (χ1n) is 11.4. The molecule has 32 heavy (non-hydrogen) atoms. The summed E-state index contributed by atoms with van der Waals surface area (Å²) >= 11 is 0. The number of hydrogen-bond acceptors (Lipinski definition) is 9. The summed E-state index contributed by atoms with van der Waals surface area (Å²) in [4.78, 5) is 35.3. The Kier molecular flexibility index (Phi) is 19.3. The third-order valence-electron chi connectivity index (χ3n) is 4.64. The summed E-state index contributed by atoms with van der Waals surface area (Å²) in [6.07, 6.45) is 4.56. The zero-order chi connectivity index (χ0) is 24.0. The Morgan fingerprint density at radius 2 is 1.25 bits per heavy atom. The SMILES string of the molecule is NCCCCNCC(=O)N[C@@H](CCCCN)COC(=O)N[C@H](CCCCN)COC(N)=O. The van der Waals surface area contributed by atoms with Crippen molar-refractivity contribution in [2.45, 2.75) is 63.5 Å². The van der Waals surface area contributed by atoms with E-state index in [0.29, 0.717) is 39.0 Å². The van der Waals surface area contributed by atoms with Crippen molar-refractivity contribution in [1.29, 1.82) is 0 Å². The van der Waals surface area contributed by atoms with Gasteiger partial charge in [-0.25, -0.2) is 9.59 Å². The number of alkyl carbamates (subject to hydrolysis) is 1. The predicted octanol–water partition coefficient (Wildman–Crippen LogP) is -0.752. The molecule has 0 saturated carbocycles. The molecule has 12 heteroatoms. The van der Waals surface area contributed by atoms with Crippen LogP contribution >= 0.6 is 0 Å². The molecule has 3 amide bonds. The Hall–Kier alpha value is -2.15. The predicted molar refractivity (Wildman–Crippen MR) is 123 cm³/mol. The molecule has 0 aliphatic rings. The highest BCUT2D eigenvalue weighted by atomic mass is 16.6.